The molecule has 0 atom stereocenters. The van der Waals surface area contributed by atoms with Crippen molar-refractivity contribution in [3.63, 3.8) is 0 Å². The molecule has 5 rings (SSSR count). The van der Waals surface area contributed by atoms with Crippen LogP contribution in [0.5, 0.6) is 0 Å². The molecule has 0 saturated heterocycles. The maximum Gasteiger partial charge on any atom is 0.268 e. The van der Waals surface area contributed by atoms with E-state index in [9.17, 15) is 4.79 Å². The average molecular weight is 403 g/mol. The predicted molar refractivity (Wildman–Crippen MR) is 117 cm³/mol. The van der Waals surface area contributed by atoms with E-state index >= 15 is 0 Å². The van der Waals surface area contributed by atoms with Gasteiger partial charge in [0.1, 0.15) is 23.2 Å². The molecule has 3 aromatic heterocycles. The summed E-state index contributed by atoms with van der Waals surface area (Å²) in [7, 11) is 0. The summed E-state index contributed by atoms with van der Waals surface area (Å²) in [5, 5.41) is 9.64. The topological polar surface area (TPSA) is 104 Å². The number of hydrogen-bond acceptors (Lipinski definition) is 5. The molecule has 1 aliphatic rings. The normalized spacial score (nSPS) is 14.9. The second kappa shape index (κ2) is 6.55. The summed E-state index contributed by atoms with van der Waals surface area (Å²) in [5.41, 5.74) is 8.03. The number of benzene rings is 1. The van der Waals surface area contributed by atoms with Crippen molar-refractivity contribution in [1.29, 1.82) is 0 Å². The SMILES string of the molecule is CC(C)(C)n1nc(-n2c(C(=O)NC3CCC3)cc3ccccc32)c2c(N)ncnc21. The number of amides is 1. The van der Waals surface area contributed by atoms with Crippen molar-refractivity contribution in [2.24, 2.45) is 0 Å². The van der Waals surface area contributed by atoms with E-state index in [1.165, 1.54) is 6.33 Å². The molecule has 8 heteroatoms. The number of nitrogen functional groups attached to an aromatic ring is 1. The molecular weight excluding hydrogens is 378 g/mol. The third-order valence-electron chi connectivity index (χ3n) is 5.71. The van der Waals surface area contributed by atoms with Gasteiger partial charge in [-0.3, -0.25) is 9.36 Å². The molecule has 8 nitrogen and oxygen atoms in total. The molecule has 1 saturated carbocycles. The van der Waals surface area contributed by atoms with Crippen molar-refractivity contribution >= 4 is 33.7 Å². The zero-order valence-corrected chi connectivity index (χ0v) is 17.4. The Kier molecular flexibility index (Phi) is 4.06. The summed E-state index contributed by atoms with van der Waals surface area (Å²) in [4.78, 5) is 21.9. The van der Waals surface area contributed by atoms with Crippen LogP contribution in [0, 0.1) is 0 Å². The molecule has 0 bridgehead atoms. The third-order valence-corrected chi connectivity index (χ3v) is 5.71. The smallest absolute Gasteiger partial charge is 0.268 e. The Morgan fingerprint density at radius 3 is 2.67 bits per heavy atom. The monoisotopic (exact) mass is 403 g/mol. The van der Waals surface area contributed by atoms with Crippen LogP contribution in [0.2, 0.25) is 0 Å². The first kappa shape index (κ1) is 18.6. The number of nitrogens with zero attached hydrogens (tertiary/aromatic N) is 5. The Hall–Kier alpha value is -3.42. The van der Waals surface area contributed by atoms with E-state index < -0.39 is 0 Å². The lowest BCUT2D eigenvalue weighted by molar-refractivity contribution is 0.0910. The number of carbonyl (C=O) groups excluding carboxylic acids is 1. The van der Waals surface area contributed by atoms with E-state index in [0.29, 0.717) is 28.4 Å². The molecule has 1 amide bonds. The van der Waals surface area contributed by atoms with Crippen molar-refractivity contribution in [2.45, 2.75) is 51.6 Å². The van der Waals surface area contributed by atoms with E-state index in [4.69, 9.17) is 10.8 Å². The fourth-order valence-corrected chi connectivity index (χ4v) is 3.94. The van der Waals surface area contributed by atoms with E-state index in [1.807, 2.05) is 39.6 Å². The maximum absolute atomic E-state index is 13.2. The molecule has 30 heavy (non-hydrogen) atoms. The van der Waals surface area contributed by atoms with Crippen molar-refractivity contribution in [3.8, 4) is 5.82 Å². The predicted octanol–water partition coefficient (Wildman–Crippen LogP) is 3.39. The van der Waals surface area contributed by atoms with Crippen molar-refractivity contribution in [3.05, 3.63) is 42.4 Å². The van der Waals surface area contributed by atoms with Crippen LogP contribution in [-0.2, 0) is 5.54 Å². The standard InChI is InChI=1S/C22H25N7O/c1-22(2,3)29-19-17(18(23)24-12-25-19)20(27-29)28-15-10-5-4-7-13(15)11-16(28)21(30)26-14-8-6-9-14/h4-5,7,10-12,14H,6,8-9H2,1-3H3,(H,26,30)(H2,23,24,25). The number of aromatic nitrogens is 5. The molecule has 0 aliphatic heterocycles. The molecule has 154 valence electrons. The zero-order valence-electron chi connectivity index (χ0n) is 17.4. The fourth-order valence-electron chi connectivity index (χ4n) is 3.94. The van der Waals surface area contributed by atoms with Crippen molar-refractivity contribution in [2.75, 3.05) is 5.73 Å². The van der Waals surface area contributed by atoms with Gasteiger partial charge in [0, 0.05) is 11.4 Å². The van der Waals surface area contributed by atoms with E-state index in [1.54, 1.807) is 0 Å². The van der Waals surface area contributed by atoms with Gasteiger partial charge in [-0.25, -0.2) is 14.6 Å². The van der Waals surface area contributed by atoms with E-state index in [-0.39, 0.29) is 17.5 Å². The van der Waals surface area contributed by atoms with Crippen LogP contribution in [0.15, 0.2) is 36.7 Å². The van der Waals surface area contributed by atoms with Gasteiger partial charge in [-0.15, -0.1) is 0 Å². The molecule has 1 fully saturated rings. The summed E-state index contributed by atoms with van der Waals surface area (Å²) in [6.07, 6.45) is 4.65. The second-order valence-corrected chi connectivity index (χ2v) is 8.89. The van der Waals surface area contributed by atoms with Crippen molar-refractivity contribution in [1.82, 2.24) is 29.6 Å². The number of anilines is 1. The molecule has 3 heterocycles. The van der Waals surface area contributed by atoms with E-state index in [2.05, 4.69) is 36.1 Å². The second-order valence-electron chi connectivity index (χ2n) is 8.89. The lowest BCUT2D eigenvalue weighted by Crippen LogP contribution is -2.40. The Balaban J connectivity index is 1.80. The number of fused-ring (bicyclic) bond motifs is 2. The highest BCUT2D eigenvalue weighted by atomic mass is 16.2. The van der Waals surface area contributed by atoms with Crippen LogP contribution in [-0.4, -0.2) is 36.3 Å². The van der Waals surface area contributed by atoms with Gasteiger partial charge in [0.15, 0.2) is 11.5 Å². The van der Waals surface area contributed by atoms with Crippen LogP contribution >= 0.6 is 0 Å². The molecule has 1 aliphatic carbocycles. The Morgan fingerprint density at radius 1 is 1.20 bits per heavy atom. The summed E-state index contributed by atoms with van der Waals surface area (Å²) in [6.45, 7) is 6.17. The minimum atomic E-state index is -0.325. The van der Waals surface area contributed by atoms with Crippen LogP contribution < -0.4 is 11.1 Å². The Morgan fingerprint density at radius 2 is 1.97 bits per heavy atom. The molecular formula is C22H25N7O. The molecule has 0 spiro atoms. The first-order chi connectivity index (χ1) is 14.3. The highest BCUT2D eigenvalue weighted by Gasteiger charge is 2.28. The summed E-state index contributed by atoms with van der Waals surface area (Å²) < 4.78 is 3.73. The fraction of sp³-hybridized carbons (Fsp3) is 0.364. The number of para-hydroxylation sites is 1. The average Bonchev–Trinajstić information content (AvgIpc) is 3.23. The van der Waals surface area contributed by atoms with Gasteiger partial charge in [-0.1, -0.05) is 18.2 Å². The van der Waals surface area contributed by atoms with Gasteiger partial charge < -0.3 is 11.1 Å². The third kappa shape index (κ3) is 2.82. The maximum atomic E-state index is 13.2. The number of nitrogens with one attached hydrogen (secondary N) is 1. The van der Waals surface area contributed by atoms with Gasteiger partial charge >= 0.3 is 0 Å². The highest BCUT2D eigenvalue weighted by molar-refractivity contribution is 6.02. The molecule has 1 aromatic carbocycles. The zero-order chi connectivity index (χ0) is 21.0. The first-order valence-electron chi connectivity index (χ1n) is 10.3. The summed E-state index contributed by atoms with van der Waals surface area (Å²) in [6, 6.07) is 10.0. The first-order valence-corrected chi connectivity index (χ1v) is 10.3. The number of hydrogen-bond donors (Lipinski definition) is 2. The van der Waals surface area contributed by atoms with Gasteiger partial charge in [0.05, 0.1) is 11.1 Å². The van der Waals surface area contributed by atoms with Gasteiger partial charge in [0.2, 0.25) is 0 Å². The molecule has 3 N–H and O–H groups in total. The number of carbonyl (C=O) groups is 1. The highest BCUT2D eigenvalue weighted by Crippen LogP contribution is 2.33. The van der Waals surface area contributed by atoms with Gasteiger partial charge in [-0.2, -0.15) is 5.10 Å². The molecule has 0 radical (unpaired) electrons. The van der Waals surface area contributed by atoms with Crippen LogP contribution in [0.4, 0.5) is 5.82 Å². The number of rotatable bonds is 3. The van der Waals surface area contributed by atoms with Crippen LogP contribution in [0.25, 0.3) is 27.8 Å². The minimum Gasteiger partial charge on any atom is -0.383 e. The Bertz CT molecular complexity index is 1270. The van der Waals surface area contributed by atoms with Crippen LogP contribution in [0.3, 0.4) is 0 Å². The number of nitrogens with two attached hydrogens (primary N) is 1. The summed E-state index contributed by atoms with van der Waals surface area (Å²) >= 11 is 0. The molecule has 4 aromatic rings. The largest absolute Gasteiger partial charge is 0.383 e. The summed E-state index contributed by atoms with van der Waals surface area (Å²) in [5.74, 6) is 0.802. The minimum absolute atomic E-state index is 0.107. The molecule has 0 unspecified atom stereocenters. The van der Waals surface area contributed by atoms with Crippen molar-refractivity contribution < 1.29 is 4.79 Å². The van der Waals surface area contributed by atoms with E-state index in [0.717, 1.165) is 30.2 Å². The van der Waals surface area contributed by atoms with Gasteiger partial charge in [-0.05, 0) is 52.2 Å². The quantitative estimate of drug-likeness (QED) is 0.546. The lowest BCUT2D eigenvalue weighted by atomic mass is 9.93. The lowest BCUT2D eigenvalue weighted by Gasteiger charge is -2.26. The van der Waals surface area contributed by atoms with Gasteiger partial charge in [0.25, 0.3) is 5.91 Å². The Labute approximate surface area is 174 Å². The van der Waals surface area contributed by atoms with Crippen LogP contribution in [0.1, 0.15) is 50.5 Å².